The van der Waals surface area contributed by atoms with Crippen LogP contribution in [0.4, 0.5) is 4.39 Å². The molecule has 10 nitrogen and oxygen atoms in total. The van der Waals surface area contributed by atoms with Crippen LogP contribution in [0, 0.1) is 18.2 Å². The third kappa shape index (κ3) is 5.59. The number of aryl methyl sites for hydroxylation is 1. The van der Waals surface area contributed by atoms with Crippen molar-refractivity contribution in [2.75, 3.05) is 32.7 Å². The molecule has 2 amide bonds. The summed E-state index contributed by atoms with van der Waals surface area (Å²) in [5, 5.41) is 13.7. The van der Waals surface area contributed by atoms with Crippen LogP contribution in [-0.4, -0.2) is 74.8 Å². The van der Waals surface area contributed by atoms with Crippen molar-refractivity contribution >= 4 is 17.6 Å². The lowest BCUT2D eigenvalue weighted by atomic mass is 9.62. The van der Waals surface area contributed by atoms with Crippen LogP contribution in [0.2, 0.25) is 0 Å². The molecular formula is C32H40FN5O5. The minimum absolute atomic E-state index is 0.0480. The van der Waals surface area contributed by atoms with Crippen molar-refractivity contribution in [2.24, 2.45) is 5.41 Å². The number of aromatic nitrogens is 2. The minimum atomic E-state index is -0.895. The number of aromatic hydroxyl groups is 1. The highest BCUT2D eigenvalue weighted by Gasteiger charge is 2.52. The summed E-state index contributed by atoms with van der Waals surface area (Å²) in [5.74, 6) is -2.51. The topological polar surface area (TPSA) is 125 Å². The van der Waals surface area contributed by atoms with E-state index in [0.29, 0.717) is 49.4 Å². The molecule has 5 aliphatic rings. The zero-order valence-corrected chi connectivity index (χ0v) is 24.8. The summed E-state index contributed by atoms with van der Waals surface area (Å²) in [7, 11) is 0. The summed E-state index contributed by atoms with van der Waals surface area (Å²) in [6, 6.07) is 4.49. The molecule has 3 fully saturated rings. The first kappa shape index (κ1) is 29.5. The fourth-order valence-electron chi connectivity index (χ4n) is 7.67. The third-order valence-electron chi connectivity index (χ3n) is 10.2. The van der Waals surface area contributed by atoms with Gasteiger partial charge in [-0.15, -0.1) is 0 Å². The van der Waals surface area contributed by atoms with Crippen molar-refractivity contribution in [3.05, 3.63) is 57.0 Å². The van der Waals surface area contributed by atoms with Gasteiger partial charge in [0, 0.05) is 50.0 Å². The van der Waals surface area contributed by atoms with E-state index in [0.717, 1.165) is 58.2 Å². The predicted molar refractivity (Wildman–Crippen MR) is 156 cm³/mol. The number of Topliss-reactive ketones (excluding diaryl/α,β-unsaturated/α-hetero) is 1. The van der Waals surface area contributed by atoms with E-state index in [2.05, 4.69) is 15.2 Å². The Morgan fingerprint density at radius 3 is 2.37 bits per heavy atom. The number of likely N-dealkylation sites (tertiary alicyclic amines) is 2. The molecule has 4 aliphatic heterocycles. The molecule has 2 aromatic rings. The molecule has 0 radical (unpaired) electrons. The molecule has 43 heavy (non-hydrogen) atoms. The Morgan fingerprint density at radius 1 is 1.02 bits per heavy atom. The van der Waals surface area contributed by atoms with Gasteiger partial charge in [0.1, 0.15) is 11.6 Å². The zero-order chi connectivity index (χ0) is 30.4. The van der Waals surface area contributed by atoms with Crippen molar-refractivity contribution in [2.45, 2.75) is 83.2 Å². The second-order valence-corrected chi connectivity index (χ2v) is 13.2. The zero-order valence-electron chi connectivity index (χ0n) is 24.8. The van der Waals surface area contributed by atoms with E-state index in [9.17, 15) is 28.7 Å². The number of benzene rings is 1. The fourth-order valence-corrected chi connectivity index (χ4v) is 7.67. The Hall–Kier alpha value is -3.60. The van der Waals surface area contributed by atoms with Gasteiger partial charge in [0.05, 0.1) is 0 Å². The molecule has 1 aromatic heterocycles. The molecule has 11 heteroatoms. The molecule has 1 saturated carbocycles. The second kappa shape index (κ2) is 11.5. The third-order valence-corrected chi connectivity index (χ3v) is 10.2. The number of fused-ring (bicyclic) bond motifs is 2. The molecule has 0 atom stereocenters. The number of hydrogen-bond donors (Lipinski definition) is 2. The summed E-state index contributed by atoms with van der Waals surface area (Å²) in [4.78, 5) is 62.4. The van der Waals surface area contributed by atoms with E-state index in [1.165, 1.54) is 10.6 Å². The van der Waals surface area contributed by atoms with Gasteiger partial charge in [0.15, 0.2) is 5.69 Å². The number of nitrogens with zero attached hydrogens (tertiary/aromatic N) is 4. The largest absolute Gasteiger partial charge is 0.501 e. The second-order valence-electron chi connectivity index (χ2n) is 13.2. The summed E-state index contributed by atoms with van der Waals surface area (Å²) in [6.07, 6.45) is 6.57. The van der Waals surface area contributed by atoms with Gasteiger partial charge in [-0.1, -0.05) is 12.1 Å². The molecule has 0 unspecified atom stereocenters. The van der Waals surface area contributed by atoms with Crippen molar-refractivity contribution in [1.82, 2.24) is 24.7 Å². The van der Waals surface area contributed by atoms with Crippen molar-refractivity contribution in [3.63, 3.8) is 0 Å². The Morgan fingerprint density at radius 2 is 1.70 bits per heavy atom. The van der Waals surface area contributed by atoms with Gasteiger partial charge in [0.25, 0.3) is 17.4 Å². The van der Waals surface area contributed by atoms with Crippen molar-refractivity contribution in [1.29, 1.82) is 0 Å². The average molecular weight is 594 g/mol. The highest BCUT2D eigenvalue weighted by atomic mass is 19.1. The van der Waals surface area contributed by atoms with Gasteiger partial charge in [-0.25, -0.2) is 9.37 Å². The SMILES string of the molecule is Cc1cc(CNC(=O)c2nc3n(c(=O)c2O)CC2(CN4CCCC4)CCC3(CC(=O)C(=O)N3CCCC3)CC2)ccc1F. The van der Waals surface area contributed by atoms with Crippen molar-refractivity contribution < 1.29 is 23.9 Å². The summed E-state index contributed by atoms with van der Waals surface area (Å²) in [6.45, 7) is 5.98. The maximum Gasteiger partial charge on any atom is 0.296 e. The highest BCUT2D eigenvalue weighted by molar-refractivity contribution is 6.36. The van der Waals surface area contributed by atoms with E-state index >= 15 is 0 Å². The van der Waals surface area contributed by atoms with Crippen LogP contribution in [-0.2, 0) is 28.1 Å². The Labute approximate surface area is 250 Å². The quantitative estimate of drug-likeness (QED) is 0.451. The number of amides is 2. The molecule has 2 saturated heterocycles. The Kier molecular flexibility index (Phi) is 7.87. The standard InChI is InChI=1S/C32H40FN5O5/c1-21-16-22(6-7-23(21)33)18-34-27(41)25-26(40)29(43)38-20-31(19-36-12-2-3-13-36)8-10-32(11-9-31,30(38)35-25)17-24(39)28(42)37-14-4-5-15-37/h6-7,16,40H,2-5,8-15,17-20H2,1H3,(H,34,41). The van der Waals surface area contributed by atoms with Gasteiger partial charge < -0.3 is 20.2 Å². The van der Waals surface area contributed by atoms with Gasteiger partial charge in [-0.2, -0.15) is 0 Å². The predicted octanol–water partition coefficient (Wildman–Crippen LogP) is 2.82. The van der Waals surface area contributed by atoms with E-state index in [1.807, 2.05) is 0 Å². The number of ketones is 1. The first-order valence-electron chi connectivity index (χ1n) is 15.5. The Balaban J connectivity index is 1.35. The lowest BCUT2D eigenvalue weighted by molar-refractivity contribution is -0.145. The molecule has 0 spiro atoms. The van der Waals surface area contributed by atoms with Crippen LogP contribution < -0.4 is 10.9 Å². The number of carbonyl (C=O) groups is 3. The molecule has 1 aliphatic carbocycles. The van der Waals surface area contributed by atoms with Crippen LogP contribution in [0.25, 0.3) is 0 Å². The smallest absolute Gasteiger partial charge is 0.296 e. The van der Waals surface area contributed by atoms with E-state index in [-0.39, 0.29) is 24.2 Å². The maximum absolute atomic E-state index is 13.8. The highest BCUT2D eigenvalue weighted by Crippen LogP contribution is 2.53. The Bertz CT molecular complexity index is 1500. The first-order valence-corrected chi connectivity index (χ1v) is 15.5. The summed E-state index contributed by atoms with van der Waals surface area (Å²) < 4.78 is 15.2. The van der Waals surface area contributed by atoms with Gasteiger partial charge in [-0.3, -0.25) is 23.7 Å². The lowest BCUT2D eigenvalue weighted by Crippen LogP contribution is -2.44. The van der Waals surface area contributed by atoms with Crippen LogP contribution in [0.5, 0.6) is 5.75 Å². The number of halogens is 1. The molecule has 1 aromatic carbocycles. The van der Waals surface area contributed by atoms with Crippen LogP contribution in [0.15, 0.2) is 23.0 Å². The molecule has 2 N–H and O–H groups in total. The fraction of sp³-hybridized carbons (Fsp3) is 0.594. The molecule has 2 bridgehead atoms. The number of nitrogens with one attached hydrogen (secondary N) is 1. The monoisotopic (exact) mass is 593 g/mol. The van der Waals surface area contributed by atoms with E-state index in [4.69, 9.17) is 0 Å². The molecule has 230 valence electrons. The molecule has 7 rings (SSSR count). The van der Waals surface area contributed by atoms with Crippen LogP contribution in [0.3, 0.4) is 0 Å². The van der Waals surface area contributed by atoms with Crippen LogP contribution in [0.1, 0.15) is 85.2 Å². The number of carbonyl (C=O) groups excluding carboxylic acids is 3. The summed E-state index contributed by atoms with van der Waals surface area (Å²) >= 11 is 0. The normalized spacial score (nSPS) is 25.0. The lowest BCUT2D eigenvalue weighted by Gasteiger charge is -2.43. The average Bonchev–Trinajstić information content (AvgIpc) is 3.68. The molecule has 5 heterocycles. The first-order chi connectivity index (χ1) is 20.6. The van der Waals surface area contributed by atoms with Gasteiger partial charge in [0.2, 0.25) is 11.5 Å². The van der Waals surface area contributed by atoms with E-state index < -0.39 is 40.0 Å². The van der Waals surface area contributed by atoms with Gasteiger partial charge >= 0.3 is 0 Å². The van der Waals surface area contributed by atoms with Crippen LogP contribution >= 0.6 is 0 Å². The number of rotatable bonds is 8. The molecular weight excluding hydrogens is 553 g/mol. The van der Waals surface area contributed by atoms with E-state index in [1.54, 1.807) is 24.0 Å². The van der Waals surface area contributed by atoms with Crippen molar-refractivity contribution in [3.8, 4) is 5.75 Å². The maximum atomic E-state index is 13.8. The van der Waals surface area contributed by atoms with Gasteiger partial charge in [-0.05, 0) is 88.6 Å². The number of hydrogen-bond acceptors (Lipinski definition) is 7. The minimum Gasteiger partial charge on any atom is -0.501 e. The summed E-state index contributed by atoms with van der Waals surface area (Å²) in [5.41, 5.74) is -1.14.